The van der Waals surface area contributed by atoms with Crippen LogP contribution in [-0.2, 0) is 15.6 Å². The molecule has 21 heavy (non-hydrogen) atoms. The van der Waals surface area contributed by atoms with E-state index in [4.69, 9.17) is 39.5 Å². The summed E-state index contributed by atoms with van der Waals surface area (Å²) in [5.41, 5.74) is 0.884. The van der Waals surface area contributed by atoms with Gasteiger partial charge in [-0.15, -0.1) is 12.4 Å². The minimum absolute atomic E-state index is 0. The molecule has 3 heterocycles. The van der Waals surface area contributed by atoms with E-state index in [1.54, 1.807) is 0 Å². The molecule has 2 fully saturated rings. The van der Waals surface area contributed by atoms with Crippen LogP contribution in [0.3, 0.4) is 0 Å². The topological polar surface area (TPSA) is 49.2 Å². The molecule has 0 amide bonds. The van der Waals surface area contributed by atoms with E-state index in [1.807, 2.05) is 0 Å². The molecule has 3 aliphatic rings. The van der Waals surface area contributed by atoms with Gasteiger partial charge in [0, 0.05) is 26.2 Å². The van der Waals surface area contributed by atoms with Crippen LogP contribution in [0.2, 0.25) is 0 Å². The van der Waals surface area contributed by atoms with Crippen molar-refractivity contribution in [3.8, 4) is 0 Å². The number of rotatable bonds is 1. The van der Waals surface area contributed by atoms with Crippen molar-refractivity contribution in [3.63, 3.8) is 0 Å². The third-order valence-corrected chi connectivity index (χ3v) is 5.66. The van der Waals surface area contributed by atoms with Crippen molar-refractivity contribution in [2.45, 2.75) is 16.0 Å². The maximum absolute atomic E-state index is 6.00. The summed E-state index contributed by atoms with van der Waals surface area (Å²) in [7, 11) is -1.00. The Kier molecular flexibility index (Phi) is 6.07. The molecule has 0 spiro atoms. The summed E-state index contributed by atoms with van der Waals surface area (Å²) in [6.45, 7) is 4.27. The van der Waals surface area contributed by atoms with Crippen LogP contribution in [0.15, 0.2) is 20.3 Å². The van der Waals surface area contributed by atoms with Crippen LogP contribution in [0, 0.1) is 0 Å². The minimum Gasteiger partial charge on any atom is -0.488 e. The Hall–Kier alpha value is 0.280. The number of nitrogens with zero attached hydrogens (tertiary/aromatic N) is 3. The molecule has 0 aromatic rings. The summed E-state index contributed by atoms with van der Waals surface area (Å²) in [4.78, 5) is 2.18. The van der Waals surface area contributed by atoms with Crippen molar-refractivity contribution in [1.29, 1.82) is 0 Å². The maximum Gasteiger partial charge on any atom is 0.267 e. The molecular weight excluding hydrogens is 378 g/mol. The van der Waals surface area contributed by atoms with Crippen molar-refractivity contribution in [2.75, 3.05) is 32.8 Å². The summed E-state index contributed by atoms with van der Waals surface area (Å²) in [6, 6.07) is 0. The van der Waals surface area contributed by atoms with E-state index in [0.29, 0.717) is 6.61 Å². The van der Waals surface area contributed by atoms with Crippen LogP contribution in [0.1, 0.15) is 12.8 Å². The average molecular weight is 394 g/mol. The molecule has 0 aromatic heterocycles. The van der Waals surface area contributed by atoms with Crippen LogP contribution in [0.25, 0.3) is 0 Å². The second-order valence-electron chi connectivity index (χ2n) is 4.68. The standard InChI is InChI=1S/C11H15Cl3N4OS.ClH/c12-11(13,14)20-16-8-2-1-7-19-9(8)10(17-20)18-5-3-15-4-6-18;/h15H,1-7H2;1H. The number of piperazine rings is 1. The Bertz CT molecular complexity index is 497. The molecule has 10 heteroatoms. The van der Waals surface area contributed by atoms with Gasteiger partial charge in [0.25, 0.3) is 3.12 Å². The van der Waals surface area contributed by atoms with Gasteiger partial charge in [0.15, 0.2) is 11.6 Å². The Labute approximate surface area is 147 Å². The van der Waals surface area contributed by atoms with Crippen molar-refractivity contribution in [3.05, 3.63) is 11.6 Å². The third-order valence-electron chi connectivity index (χ3n) is 3.26. The van der Waals surface area contributed by atoms with E-state index in [0.717, 1.165) is 56.3 Å². The number of halogens is 4. The minimum atomic E-state index is -1.50. The Morgan fingerprint density at radius 3 is 2.62 bits per heavy atom. The van der Waals surface area contributed by atoms with Crippen LogP contribution >= 0.6 is 47.2 Å². The SMILES string of the molecule is Cl.ClC(Cl)(Cl)S1=NC(N2CCNCC2)=C2OCCCC2=N1. The predicted octanol–water partition coefficient (Wildman–Crippen LogP) is 2.79. The van der Waals surface area contributed by atoms with Gasteiger partial charge >= 0.3 is 0 Å². The fourth-order valence-corrected chi connectivity index (χ4v) is 3.94. The van der Waals surface area contributed by atoms with Gasteiger partial charge in [-0.05, 0) is 12.8 Å². The Morgan fingerprint density at radius 1 is 1.24 bits per heavy atom. The van der Waals surface area contributed by atoms with Crippen molar-refractivity contribution < 1.29 is 4.74 Å². The quantitative estimate of drug-likeness (QED) is 0.696. The van der Waals surface area contributed by atoms with Gasteiger partial charge in [0.2, 0.25) is 0 Å². The number of hydrogen-bond donors (Lipinski definition) is 1. The zero-order chi connectivity index (χ0) is 14.2. The van der Waals surface area contributed by atoms with E-state index in [9.17, 15) is 0 Å². The number of ether oxygens (including phenoxy) is 1. The summed E-state index contributed by atoms with van der Waals surface area (Å²) in [6.07, 6.45) is 1.79. The molecule has 3 rings (SSSR count). The van der Waals surface area contributed by atoms with Crippen molar-refractivity contribution in [1.82, 2.24) is 10.2 Å². The van der Waals surface area contributed by atoms with Gasteiger partial charge in [-0.25, -0.2) is 4.40 Å². The molecular formula is C11H16Cl4N4OS. The van der Waals surface area contributed by atoms with Crippen LogP contribution in [0.4, 0.5) is 0 Å². The molecule has 0 radical (unpaired) electrons. The fraction of sp³-hybridized carbons (Fsp3) is 0.727. The second kappa shape index (κ2) is 7.23. The lowest BCUT2D eigenvalue weighted by Gasteiger charge is -2.34. The highest BCUT2D eigenvalue weighted by Gasteiger charge is 2.34. The van der Waals surface area contributed by atoms with E-state index < -0.39 is 14.0 Å². The van der Waals surface area contributed by atoms with Gasteiger partial charge < -0.3 is 15.0 Å². The number of nitrogens with one attached hydrogen (secondary N) is 1. The van der Waals surface area contributed by atoms with Gasteiger partial charge in [-0.2, -0.15) is 4.36 Å². The maximum atomic E-state index is 6.00. The molecule has 1 atom stereocenters. The Balaban J connectivity index is 0.00000161. The highest BCUT2D eigenvalue weighted by Crippen LogP contribution is 2.37. The molecule has 5 nitrogen and oxygen atoms in total. The number of alkyl halides is 3. The van der Waals surface area contributed by atoms with Crippen molar-refractivity contribution >= 4 is 63.8 Å². The molecule has 120 valence electrons. The van der Waals surface area contributed by atoms with E-state index in [-0.39, 0.29) is 12.4 Å². The van der Waals surface area contributed by atoms with Crippen LogP contribution in [-0.4, -0.2) is 46.5 Å². The third kappa shape index (κ3) is 3.98. The molecule has 1 N–H and O–H groups in total. The lowest BCUT2D eigenvalue weighted by Crippen LogP contribution is -2.44. The van der Waals surface area contributed by atoms with Crippen molar-refractivity contribution in [2.24, 2.45) is 8.76 Å². The van der Waals surface area contributed by atoms with Crippen LogP contribution < -0.4 is 5.32 Å². The monoisotopic (exact) mass is 392 g/mol. The first-order valence-corrected chi connectivity index (χ1v) is 8.77. The first kappa shape index (κ1) is 17.6. The van der Waals surface area contributed by atoms with Gasteiger partial charge in [0.1, 0.15) is 0 Å². The molecule has 2 saturated heterocycles. The molecule has 1 unspecified atom stereocenters. The highest BCUT2D eigenvalue weighted by atomic mass is 35.6. The van der Waals surface area contributed by atoms with Gasteiger partial charge in [-0.3, -0.25) is 0 Å². The zero-order valence-electron chi connectivity index (χ0n) is 11.2. The largest absolute Gasteiger partial charge is 0.488 e. The highest BCUT2D eigenvalue weighted by molar-refractivity contribution is 7.92. The van der Waals surface area contributed by atoms with Gasteiger partial charge in [-0.1, -0.05) is 34.8 Å². The summed E-state index contributed by atoms with van der Waals surface area (Å²) in [5, 5.41) is 3.31. The summed E-state index contributed by atoms with van der Waals surface area (Å²) in [5.74, 6) is 1.57. The number of allylic oxidation sites excluding steroid dienone is 1. The Morgan fingerprint density at radius 2 is 1.95 bits per heavy atom. The molecule has 0 aromatic carbocycles. The lowest BCUT2D eigenvalue weighted by molar-refractivity contribution is 0.192. The normalized spacial score (nSPS) is 26.1. The zero-order valence-corrected chi connectivity index (χ0v) is 15.1. The number of fused-ring (bicyclic) bond motifs is 1. The number of hydrogen-bond acceptors (Lipinski definition) is 5. The first-order valence-electron chi connectivity index (χ1n) is 6.49. The smallest absolute Gasteiger partial charge is 0.267 e. The lowest BCUT2D eigenvalue weighted by atomic mass is 10.1. The van der Waals surface area contributed by atoms with E-state index in [1.165, 1.54) is 0 Å². The molecule has 0 aliphatic carbocycles. The molecule has 0 saturated carbocycles. The fourth-order valence-electron chi connectivity index (χ4n) is 2.32. The molecule has 0 bridgehead atoms. The average Bonchev–Trinajstić information content (AvgIpc) is 2.46. The van der Waals surface area contributed by atoms with E-state index >= 15 is 0 Å². The second-order valence-corrected chi connectivity index (χ2v) is 9.14. The summed E-state index contributed by atoms with van der Waals surface area (Å²) >= 11 is 18.0. The van der Waals surface area contributed by atoms with Crippen LogP contribution in [0.5, 0.6) is 0 Å². The predicted molar refractivity (Wildman–Crippen MR) is 91.4 cm³/mol. The summed E-state index contributed by atoms with van der Waals surface area (Å²) < 4.78 is 13.3. The van der Waals surface area contributed by atoms with Gasteiger partial charge in [0.05, 0.1) is 23.2 Å². The van der Waals surface area contributed by atoms with E-state index in [2.05, 4.69) is 19.0 Å². The first-order chi connectivity index (χ1) is 9.55. The molecule has 3 aliphatic heterocycles.